The van der Waals surface area contributed by atoms with Gasteiger partial charge in [-0.05, 0) is 38.1 Å². The number of halogens is 1. The van der Waals surface area contributed by atoms with Crippen LogP contribution in [0.2, 0.25) is 5.02 Å². The van der Waals surface area contributed by atoms with Gasteiger partial charge in [-0.25, -0.2) is 0 Å². The van der Waals surface area contributed by atoms with E-state index in [-0.39, 0.29) is 5.91 Å². The van der Waals surface area contributed by atoms with Gasteiger partial charge in [-0.2, -0.15) is 0 Å². The zero-order valence-electron chi connectivity index (χ0n) is 11.9. The molecule has 4 nitrogen and oxygen atoms in total. The van der Waals surface area contributed by atoms with Gasteiger partial charge in [0.2, 0.25) is 5.91 Å². The molecule has 5 heteroatoms. The van der Waals surface area contributed by atoms with Crippen molar-refractivity contribution >= 4 is 23.2 Å². The van der Waals surface area contributed by atoms with Crippen LogP contribution in [0.4, 0.5) is 5.69 Å². The van der Waals surface area contributed by atoms with Crippen molar-refractivity contribution in [3.05, 3.63) is 29.3 Å². The number of amides is 1. The fourth-order valence-corrected chi connectivity index (χ4v) is 2.83. The lowest BCUT2D eigenvalue weighted by Gasteiger charge is -2.22. The van der Waals surface area contributed by atoms with Crippen molar-refractivity contribution in [1.82, 2.24) is 10.2 Å². The number of likely N-dealkylation sites (N-methyl/N-ethyl adjacent to an activating group) is 1. The first kappa shape index (κ1) is 15.3. The van der Waals surface area contributed by atoms with Gasteiger partial charge in [-0.3, -0.25) is 9.69 Å². The lowest BCUT2D eigenvalue weighted by atomic mass is 10.2. The zero-order chi connectivity index (χ0) is 14.4. The Kier molecular flexibility index (Phi) is 5.83. The second-order valence-electron chi connectivity index (χ2n) is 5.08. The first-order chi connectivity index (χ1) is 9.70. The molecule has 1 aromatic rings. The summed E-state index contributed by atoms with van der Waals surface area (Å²) in [5.41, 5.74) is 0.664. The van der Waals surface area contributed by atoms with Crippen LogP contribution in [-0.4, -0.2) is 43.0 Å². The topological polar surface area (TPSA) is 44.4 Å². The minimum absolute atomic E-state index is 0.0563. The van der Waals surface area contributed by atoms with Gasteiger partial charge in [0.05, 0.1) is 17.3 Å². The molecule has 0 aliphatic carbocycles. The van der Waals surface area contributed by atoms with Crippen molar-refractivity contribution in [3.63, 3.8) is 0 Å². The number of likely N-dealkylation sites (tertiary alicyclic amines) is 1. The number of hydrogen-bond donors (Lipinski definition) is 2. The Morgan fingerprint density at radius 1 is 1.45 bits per heavy atom. The molecule has 2 N–H and O–H groups in total. The Morgan fingerprint density at radius 3 is 3.00 bits per heavy atom. The van der Waals surface area contributed by atoms with E-state index in [4.69, 9.17) is 11.6 Å². The molecule has 1 heterocycles. The van der Waals surface area contributed by atoms with Gasteiger partial charge >= 0.3 is 0 Å². The molecule has 110 valence electrons. The van der Waals surface area contributed by atoms with Gasteiger partial charge in [-0.1, -0.05) is 30.7 Å². The third-order valence-electron chi connectivity index (χ3n) is 3.72. The second-order valence-corrected chi connectivity index (χ2v) is 5.49. The van der Waals surface area contributed by atoms with Gasteiger partial charge in [0.15, 0.2) is 0 Å². The molecule has 1 saturated heterocycles. The number of nitrogens with one attached hydrogen (secondary N) is 2. The standard InChI is InChI=1S/C15H22ClN3O/c1-2-19-9-5-6-12(19)10-17-11-15(20)18-14-8-4-3-7-13(14)16/h3-4,7-8,12,17H,2,5-6,9-11H2,1H3,(H,18,20). The van der Waals surface area contributed by atoms with Crippen LogP contribution in [0.5, 0.6) is 0 Å². The number of hydrogen-bond acceptors (Lipinski definition) is 3. The van der Waals surface area contributed by atoms with E-state index in [1.807, 2.05) is 12.1 Å². The summed E-state index contributed by atoms with van der Waals surface area (Å²) >= 11 is 6.00. The maximum absolute atomic E-state index is 11.8. The summed E-state index contributed by atoms with van der Waals surface area (Å²) in [4.78, 5) is 14.3. The predicted molar refractivity (Wildman–Crippen MR) is 83.2 cm³/mol. The summed E-state index contributed by atoms with van der Waals surface area (Å²) in [6, 6.07) is 7.83. The van der Waals surface area contributed by atoms with Crippen molar-refractivity contribution in [1.29, 1.82) is 0 Å². The fourth-order valence-electron chi connectivity index (χ4n) is 2.65. The quantitative estimate of drug-likeness (QED) is 0.847. The van der Waals surface area contributed by atoms with Crippen LogP contribution in [0.3, 0.4) is 0 Å². The van der Waals surface area contributed by atoms with Crippen molar-refractivity contribution in [2.24, 2.45) is 0 Å². The molecule has 1 aromatic carbocycles. The van der Waals surface area contributed by atoms with Gasteiger partial charge < -0.3 is 10.6 Å². The number of rotatable bonds is 6. The molecular formula is C15H22ClN3O. The molecule has 1 aliphatic heterocycles. The van der Waals surface area contributed by atoms with Gasteiger partial charge in [0.1, 0.15) is 0 Å². The molecule has 0 bridgehead atoms. The average molecular weight is 296 g/mol. The van der Waals surface area contributed by atoms with Crippen LogP contribution < -0.4 is 10.6 Å². The number of benzene rings is 1. The highest BCUT2D eigenvalue weighted by Crippen LogP contribution is 2.20. The zero-order valence-corrected chi connectivity index (χ0v) is 12.6. The molecule has 20 heavy (non-hydrogen) atoms. The molecule has 2 rings (SSSR count). The maximum atomic E-state index is 11.8. The highest BCUT2D eigenvalue weighted by molar-refractivity contribution is 6.33. The van der Waals surface area contributed by atoms with Crippen LogP contribution >= 0.6 is 11.6 Å². The van der Waals surface area contributed by atoms with Gasteiger partial charge in [-0.15, -0.1) is 0 Å². The summed E-state index contributed by atoms with van der Waals surface area (Å²) in [5.74, 6) is -0.0563. The van der Waals surface area contributed by atoms with E-state index in [0.717, 1.165) is 13.1 Å². The van der Waals surface area contributed by atoms with E-state index in [9.17, 15) is 4.79 Å². The molecule has 0 saturated carbocycles. The Hall–Kier alpha value is -1.10. The van der Waals surface area contributed by atoms with Gasteiger partial charge in [0.25, 0.3) is 0 Å². The van der Waals surface area contributed by atoms with Crippen LogP contribution in [0.25, 0.3) is 0 Å². The smallest absolute Gasteiger partial charge is 0.238 e. The average Bonchev–Trinajstić information content (AvgIpc) is 2.89. The Labute approximate surface area is 125 Å². The number of carbonyl (C=O) groups excluding carboxylic acids is 1. The summed E-state index contributed by atoms with van der Waals surface area (Å²) in [6.07, 6.45) is 2.47. The summed E-state index contributed by atoms with van der Waals surface area (Å²) in [6.45, 7) is 5.62. The van der Waals surface area contributed by atoms with E-state index >= 15 is 0 Å². The largest absolute Gasteiger partial charge is 0.324 e. The molecule has 1 aliphatic rings. The summed E-state index contributed by atoms with van der Waals surface area (Å²) < 4.78 is 0. The minimum atomic E-state index is -0.0563. The van der Waals surface area contributed by atoms with Crippen molar-refractivity contribution in [2.45, 2.75) is 25.8 Å². The molecular weight excluding hydrogens is 274 g/mol. The van der Waals surface area contributed by atoms with Gasteiger partial charge in [0, 0.05) is 12.6 Å². The number of nitrogens with zero attached hydrogens (tertiary/aromatic N) is 1. The molecule has 0 radical (unpaired) electrons. The van der Waals surface area contributed by atoms with E-state index in [1.165, 1.54) is 19.4 Å². The summed E-state index contributed by atoms with van der Waals surface area (Å²) in [5, 5.41) is 6.61. The highest BCUT2D eigenvalue weighted by atomic mass is 35.5. The van der Waals surface area contributed by atoms with Crippen molar-refractivity contribution < 1.29 is 4.79 Å². The van der Waals surface area contributed by atoms with E-state index in [0.29, 0.717) is 23.3 Å². The predicted octanol–water partition coefficient (Wildman–Crippen LogP) is 2.35. The van der Waals surface area contributed by atoms with Crippen molar-refractivity contribution in [2.75, 3.05) is 31.5 Å². The normalized spacial score (nSPS) is 19.2. The first-order valence-corrected chi connectivity index (χ1v) is 7.57. The molecule has 1 amide bonds. The molecule has 0 aromatic heterocycles. The third-order valence-corrected chi connectivity index (χ3v) is 4.05. The van der Waals surface area contributed by atoms with Crippen LogP contribution in [0, 0.1) is 0 Å². The summed E-state index contributed by atoms with van der Waals surface area (Å²) in [7, 11) is 0. The molecule has 0 spiro atoms. The maximum Gasteiger partial charge on any atom is 0.238 e. The van der Waals surface area contributed by atoms with Crippen molar-refractivity contribution in [3.8, 4) is 0 Å². The van der Waals surface area contributed by atoms with E-state index in [2.05, 4.69) is 22.5 Å². The number of carbonyl (C=O) groups is 1. The first-order valence-electron chi connectivity index (χ1n) is 7.20. The third kappa shape index (κ3) is 4.20. The number of para-hydroxylation sites is 1. The molecule has 1 atom stereocenters. The second kappa shape index (κ2) is 7.62. The lowest BCUT2D eigenvalue weighted by molar-refractivity contribution is -0.115. The molecule has 1 fully saturated rings. The Balaban J connectivity index is 1.72. The Bertz CT molecular complexity index is 452. The highest BCUT2D eigenvalue weighted by Gasteiger charge is 2.22. The monoisotopic (exact) mass is 295 g/mol. The van der Waals surface area contributed by atoms with Crippen LogP contribution in [-0.2, 0) is 4.79 Å². The SMILES string of the molecule is CCN1CCCC1CNCC(=O)Nc1ccccc1Cl. The van der Waals surface area contributed by atoms with Crippen LogP contribution in [0.1, 0.15) is 19.8 Å². The van der Waals surface area contributed by atoms with E-state index < -0.39 is 0 Å². The minimum Gasteiger partial charge on any atom is -0.324 e. The fraction of sp³-hybridized carbons (Fsp3) is 0.533. The number of anilines is 1. The van der Waals surface area contributed by atoms with E-state index in [1.54, 1.807) is 12.1 Å². The van der Waals surface area contributed by atoms with Crippen LogP contribution in [0.15, 0.2) is 24.3 Å². The Morgan fingerprint density at radius 2 is 2.25 bits per heavy atom. The molecule has 1 unspecified atom stereocenters. The lowest BCUT2D eigenvalue weighted by Crippen LogP contribution is -2.40.